The number of Topliss-reactive ketones (excluding diaryl/α,β-unsaturated/α-hetero) is 1. The number of carbonyl (C=O) groups excluding carboxylic acids is 1. The summed E-state index contributed by atoms with van der Waals surface area (Å²) >= 11 is 0. The number of hydrogen-bond acceptors (Lipinski definition) is 2. The van der Waals surface area contributed by atoms with Crippen LogP contribution < -0.4 is 0 Å². The molecule has 2 rings (SSSR count). The maximum atomic E-state index is 10.9. The molecular formula is C9H12O3. The van der Waals surface area contributed by atoms with Gasteiger partial charge in [-0.1, -0.05) is 0 Å². The summed E-state index contributed by atoms with van der Waals surface area (Å²) in [5.74, 6) is -0.522. The Morgan fingerprint density at radius 3 is 2.42 bits per heavy atom. The van der Waals surface area contributed by atoms with E-state index in [1.54, 1.807) is 0 Å². The fourth-order valence-corrected chi connectivity index (χ4v) is 2.28. The Kier molecular flexibility index (Phi) is 1.50. The van der Waals surface area contributed by atoms with Crippen molar-refractivity contribution in [3.05, 3.63) is 0 Å². The molecule has 12 heavy (non-hydrogen) atoms. The topological polar surface area (TPSA) is 54.4 Å². The summed E-state index contributed by atoms with van der Waals surface area (Å²) < 4.78 is 0. The highest BCUT2D eigenvalue weighted by Gasteiger charge is 2.58. The Hall–Kier alpha value is -0.860. The van der Waals surface area contributed by atoms with Crippen molar-refractivity contribution >= 4 is 11.8 Å². The molecule has 1 atom stereocenters. The Bertz CT molecular complexity index is 234. The number of carbonyl (C=O) groups is 2. The molecule has 0 aromatic heterocycles. The van der Waals surface area contributed by atoms with Gasteiger partial charge in [-0.25, -0.2) is 0 Å². The summed E-state index contributed by atoms with van der Waals surface area (Å²) in [6.45, 7) is 0. The van der Waals surface area contributed by atoms with Gasteiger partial charge in [0.25, 0.3) is 0 Å². The Labute approximate surface area is 70.8 Å². The van der Waals surface area contributed by atoms with E-state index in [-0.39, 0.29) is 11.3 Å². The van der Waals surface area contributed by atoms with Gasteiger partial charge in [0, 0.05) is 12.8 Å². The van der Waals surface area contributed by atoms with Crippen molar-refractivity contribution in [3.63, 3.8) is 0 Å². The molecule has 66 valence electrons. The third-order valence-corrected chi connectivity index (χ3v) is 3.29. The van der Waals surface area contributed by atoms with Crippen LogP contribution in [0.25, 0.3) is 0 Å². The second kappa shape index (κ2) is 2.31. The lowest BCUT2D eigenvalue weighted by Gasteiger charge is -2.20. The van der Waals surface area contributed by atoms with Crippen LogP contribution in [0.4, 0.5) is 0 Å². The second-order valence-electron chi connectivity index (χ2n) is 4.00. The molecule has 1 N–H and O–H groups in total. The molecule has 2 fully saturated rings. The van der Waals surface area contributed by atoms with E-state index in [1.807, 2.05) is 0 Å². The van der Waals surface area contributed by atoms with Crippen molar-refractivity contribution < 1.29 is 14.7 Å². The Morgan fingerprint density at radius 1 is 1.42 bits per heavy atom. The van der Waals surface area contributed by atoms with Gasteiger partial charge >= 0.3 is 5.97 Å². The number of rotatable bonds is 1. The fraction of sp³-hybridized carbons (Fsp3) is 0.778. The third kappa shape index (κ3) is 1.04. The van der Waals surface area contributed by atoms with Crippen LogP contribution in [-0.2, 0) is 9.59 Å². The number of carboxylic acids is 1. The molecule has 2 saturated carbocycles. The highest BCUT2D eigenvalue weighted by molar-refractivity contribution is 5.81. The first-order chi connectivity index (χ1) is 5.64. The van der Waals surface area contributed by atoms with Crippen LogP contribution in [0.15, 0.2) is 0 Å². The molecule has 3 nitrogen and oxygen atoms in total. The summed E-state index contributed by atoms with van der Waals surface area (Å²) in [5.41, 5.74) is 0.0275. The molecule has 0 aliphatic heterocycles. The normalized spacial score (nSPS) is 32.0. The number of carboxylic acid groups (broad SMARTS) is 1. The monoisotopic (exact) mass is 168 g/mol. The van der Waals surface area contributed by atoms with Crippen LogP contribution >= 0.6 is 0 Å². The van der Waals surface area contributed by atoms with Crippen LogP contribution in [0.2, 0.25) is 0 Å². The first kappa shape index (κ1) is 7.77. The summed E-state index contributed by atoms with van der Waals surface area (Å²) in [6, 6.07) is 0. The Morgan fingerprint density at radius 2 is 2.00 bits per heavy atom. The van der Waals surface area contributed by atoms with E-state index in [0.29, 0.717) is 18.6 Å². The third-order valence-electron chi connectivity index (χ3n) is 3.29. The van der Waals surface area contributed by atoms with E-state index < -0.39 is 5.97 Å². The first-order valence-corrected chi connectivity index (χ1v) is 4.39. The molecule has 0 aromatic carbocycles. The minimum Gasteiger partial charge on any atom is -0.481 e. The standard InChI is InChI=1S/C9H12O3/c10-6-1-3-9(4-2-6)5-7(9)8(11)12/h7H,1-5H2,(H,11,12)/t7-/m1/s1. The minimum absolute atomic E-state index is 0.0275. The van der Waals surface area contributed by atoms with E-state index in [9.17, 15) is 9.59 Å². The van der Waals surface area contributed by atoms with Gasteiger partial charge in [-0.2, -0.15) is 0 Å². The highest BCUT2D eigenvalue weighted by atomic mass is 16.4. The molecule has 1 spiro atoms. The molecule has 0 radical (unpaired) electrons. The average Bonchev–Trinajstić information content (AvgIpc) is 2.72. The van der Waals surface area contributed by atoms with Crippen molar-refractivity contribution in [1.29, 1.82) is 0 Å². The van der Waals surface area contributed by atoms with Gasteiger partial charge in [-0.3, -0.25) is 9.59 Å². The quantitative estimate of drug-likeness (QED) is 0.640. The summed E-state index contributed by atoms with van der Waals surface area (Å²) in [5, 5.41) is 8.75. The smallest absolute Gasteiger partial charge is 0.307 e. The molecule has 0 heterocycles. The van der Waals surface area contributed by atoms with E-state index in [1.165, 1.54) is 0 Å². The predicted molar refractivity (Wildman–Crippen MR) is 41.7 cm³/mol. The van der Waals surface area contributed by atoms with Gasteiger partial charge in [0.1, 0.15) is 5.78 Å². The Balaban J connectivity index is 1.99. The van der Waals surface area contributed by atoms with Crippen LogP contribution in [0.1, 0.15) is 32.1 Å². The van der Waals surface area contributed by atoms with Gasteiger partial charge in [-0.15, -0.1) is 0 Å². The molecule has 0 bridgehead atoms. The highest BCUT2D eigenvalue weighted by Crippen LogP contribution is 2.60. The van der Waals surface area contributed by atoms with Gasteiger partial charge < -0.3 is 5.11 Å². The molecule has 2 aliphatic rings. The van der Waals surface area contributed by atoms with Crippen molar-refractivity contribution in [2.45, 2.75) is 32.1 Å². The molecule has 2 aliphatic carbocycles. The molecule has 0 amide bonds. The average molecular weight is 168 g/mol. The van der Waals surface area contributed by atoms with E-state index >= 15 is 0 Å². The van der Waals surface area contributed by atoms with Gasteiger partial charge in [0.05, 0.1) is 5.92 Å². The number of ketones is 1. The van der Waals surface area contributed by atoms with Crippen molar-refractivity contribution in [2.75, 3.05) is 0 Å². The zero-order chi connectivity index (χ0) is 8.77. The maximum absolute atomic E-state index is 10.9. The number of aliphatic carboxylic acids is 1. The van der Waals surface area contributed by atoms with Crippen LogP contribution in [0.3, 0.4) is 0 Å². The largest absolute Gasteiger partial charge is 0.481 e. The van der Waals surface area contributed by atoms with Crippen LogP contribution in [0, 0.1) is 11.3 Å². The maximum Gasteiger partial charge on any atom is 0.307 e. The molecule has 0 saturated heterocycles. The predicted octanol–water partition coefficient (Wildman–Crippen LogP) is 1.22. The van der Waals surface area contributed by atoms with E-state index in [0.717, 1.165) is 19.3 Å². The van der Waals surface area contributed by atoms with Crippen molar-refractivity contribution in [3.8, 4) is 0 Å². The van der Waals surface area contributed by atoms with Gasteiger partial charge in [-0.05, 0) is 24.7 Å². The van der Waals surface area contributed by atoms with Gasteiger partial charge in [0.15, 0.2) is 0 Å². The van der Waals surface area contributed by atoms with E-state index in [2.05, 4.69) is 0 Å². The molecule has 3 heteroatoms. The molecular weight excluding hydrogens is 156 g/mol. The fourth-order valence-electron chi connectivity index (χ4n) is 2.28. The zero-order valence-corrected chi connectivity index (χ0v) is 6.88. The SMILES string of the molecule is O=C1CCC2(CC1)C[C@@H]2C(=O)O. The summed E-state index contributed by atoms with van der Waals surface area (Å²) in [7, 11) is 0. The van der Waals surface area contributed by atoms with Crippen molar-refractivity contribution in [2.24, 2.45) is 11.3 Å². The lowest BCUT2D eigenvalue weighted by Crippen LogP contribution is -2.19. The van der Waals surface area contributed by atoms with E-state index in [4.69, 9.17) is 5.11 Å². The number of hydrogen-bond donors (Lipinski definition) is 1. The summed E-state index contributed by atoms with van der Waals surface area (Å²) in [4.78, 5) is 21.5. The second-order valence-corrected chi connectivity index (χ2v) is 4.00. The van der Waals surface area contributed by atoms with Gasteiger partial charge in [0.2, 0.25) is 0 Å². The van der Waals surface area contributed by atoms with Crippen LogP contribution in [-0.4, -0.2) is 16.9 Å². The molecule has 0 aromatic rings. The first-order valence-electron chi connectivity index (χ1n) is 4.39. The van der Waals surface area contributed by atoms with Crippen LogP contribution in [0.5, 0.6) is 0 Å². The minimum atomic E-state index is -0.677. The lowest BCUT2D eigenvalue weighted by atomic mass is 9.84. The van der Waals surface area contributed by atoms with Crippen molar-refractivity contribution in [1.82, 2.24) is 0 Å². The summed E-state index contributed by atoms with van der Waals surface area (Å²) in [6.07, 6.45) is 3.62. The lowest BCUT2D eigenvalue weighted by molar-refractivity contribution is -0.140. The zero-order valence-electron chi connectivity index (χ0n) is 6.88. The molecule has 0 unspecified atom stereocenters.